The zero-order valence-electron chi connectivity index (χ0n) is 11.0. The first-order chi connectivity index (χ1) is 10.2. The van der Waals surface area contributed by atoms with Gasteiger partial charge in [-0.2, -0.15) is 15.0 Å². The molecule has 7 nitrogen and oxygen atoms in total. The molecule has 1 aliphatic rings. The van der Waals surface area contributed by atoms with Crippen molar-refractivity contribution in [3.05, 3.63) is 28.6 Å². The van der Waals surface area contributed by atoms with Crippen LogP contribution in [0, 0.1) is 0 Å². The number of aromatic nitrogens is 4. The maximum absolute atomic E-state index is 5.96. The van der Waals surface area contributed by atoms with Gasteiger partial charge in [-0.05, 0) is 23.7 Å². The highest BCUT2D eigenvalue weighted by atomic mass is 35.5. The number of ether oxygens (including phenoxy) is 1. The second kappa shape index (κ2) is 6.38. The van der Waals surface area contributed by atoms with E-state index in [1.165, 1.54) is 6.20 Å². The van der Waals surface area contributed by atoms with E-state index in [9.17, 15) is 0 Å². The van der Waals surface area contributed by atoms with E-state index in [0.717, 1.165) is 13.1 Å². The predicted octanol–water partition coefficient (Wildman–Crippen LogP) is 2.15. The van der Waals surface area contributed by atoms with Crippen molar-refractivity contribution in [2.24, 2.45) is 0 Å². The molecule has 3 heterocycles. The van der Waals surface area contributed by atoms with Crippen LogP contribution in [0.2, 0.25) is 10.3 Å². The number of anilines is 3. The Hall–Kier alpha value is -1.70. The minimum atomic E-state index is 0.128. The van der Waals surface area contributed by atoms with Crippen LogP contribution in [0.1, 0.15) is 0 Å². The molecule has 2 aromatic heterocycles. The minimum absolute atomic E-state index is 0.128. The Morgan fingerprint density at radius 3 is 2.62 bits per heavy atom. The van der Waals surface area contributed by atoms with Gasteiger partial charge in [0.05, 0.1) is 18.2 Å². The zero-order valence-corrected chi connectivity index (χ0v) is 12.5. The van der Waals surface area contributed by atoms with Crippen molar-refractivity contribution in [1.82, 2.24) is 19.9 Å². The van der Waals surface area contributed by atoms with Crippen molar-refractivity contribution in [1.29, 1.82) is 0 Å². The summed E-state index contributed by atoms with van der Waals surface area (Å²) in [4.78, 5) is 18.7. The maximum atomic E-state index is 5.96. The quantitative estimate of drug-likeness (QED) is 0.925. The fourth-order valence-corrected chi connectivity index (χ4v) is 2.13. The van der Waals surface area contributed by atoms with Crippen molar-refractivity contribution in [2.75, 3.05) is 36.5 Å². The molecule has 0 atom stereocenters. The molecule has 0 aliphatic carbocycles. The van der Waals surface area contributed by atoms with Crippen molar-refractivity contribution in [3.8, 4) is 0 Å². The number of hydrogen-bond acceptors (Lipinski definition) is 7. The number of halogens is 2. The van der Waals surface area contributed by atoms with Gasteiger partial charge in [0, 0.05) is 19.3 Å². The first kappa shape index (κ1) is 14.2. The molecule has 2 aromatic rings. The highest BCUT2D eigenvalue weighted by Crippen LogP contribution is 2.18. The third kappa shape index (κ3) is 3.69. The van der Waals surface area contributed by atoms with Gasteiger partial charge in [0.15, 0.2) is 0 Å². The van der Waals surface area contributed by atoms with Gasteiger partial charge in [-0.1, -0.05) is 11.6 Å². The summed E-state index contributed by atoms with van der Waals surface area (Å²) in [5, 5.41) is 3.66. The van der Waals surface area contributed by atoms with Crippen LogP contribution in [0.5, 0.6) is 0 Å². The van der Waals surface area contributed by atoms with Crippen molar-refractivity contribution in [3.63, 3.8) is 0 Å². The molecule has 1 aliphatic heterocycles. The third-order valence-electron chi connectivity index (χ3n) is 2.86. The molecule has 0 radical (unpaired) electrons. The highest BCUT2D eigenvalue weighted by Gasteiger charge is 2.16. The smallest absolute Gasteiger partial charge is 0.234 e. The molecule has 0 unspecified atom stereocenters. The van der Waals surface area contributed by atoms with Crippen LogP contribution < -0.4 is 10.2 Å². The number of rotatable bonds is 3. The van der Waals surface area contributed by atoms with Gasteiger partial charge in [0.1, 0.15) is 5.82 Å². The molecule has 0 amide bonds. The van der Waals surface area contributed by atoms with E-state index in [1.807, 2.05) is 4.90 Å². The summed E-state index contributed by atoms with van der Waals surface area (Å²) in [5.41, 5.74) is 0. The molecule has 1 saturated heterocycles. The molecule has 0 saturated carbocycles. The number of pyridine rings is 1. The summed E-state index contributed by atoms with van der Waals surface area (Å²) in [5.74, 6) is 1.44. The molecule has 0 spiro atoms. The van der Waals surface area contributed by atoms with Gasteiger partial charge < -0.3 is 15.0 Å². The average Bonchev–Trinajstić information content (AvgIpc) is 2.50. The van der Waals surface area contributed by atoms with Gasteiger partial charge >= 0.3 is 0 Å². The van der Waals surface area contributed by atoms with E-state index < -0.39 is 0 Å². The van der Waals surface area contributed by atoms with Gasteiger partial charge in [0.25, 0.3) is 0 Å². The van der Waals surface area contributed by atoms with Gasteiger partial charge in [0.2, 0.25) is 17.2 Å². The lowest BCUT2D eigenvalue weighted by Gasteiger charge is -2.26. The van der Waals surface area contributed by atoms with Crippen molar-refractivity contribution in [2.45, 2.75) is 0 Å². The molecule has 0 bridgehead atoms. The summed E-state index contributed by atoms with van der Waals surface area (Å²) in [7, 11) is 0. The second-order valence-electron chi connectivity index (χ2n) is 4.31. The Labute approximate surface area is 131 Å². The fourth-order valence-electron chi connectivity index (χ4n) is 1.86. The Bertz CT molecular complexity index is 618. The normalized spacial score (nSPS) is 15.0. The van der Waals surface area contributed by atoms with Crippen LogP contribution in [0.4, 0.5) is 17.7 Å². The fraction of sp³-hybridized carbons (Fsp3) is 0.333. The number of nitrogens with zero attached hydrogens (tertiary/aromatic N) is 5. The first-order valence-corrected chi connectivity index (χ1v) is 7.09. The molecular weight excluding hydrogens is 315 g/mol. The van der Waals surface area contributed by atoms with Gasteiger partial charge in [-0.15, -0.1) is 0 Å². The molecule has 1 fully saturated rings. The lowest BCUT2D eigenvalue weighted by atomic mass is 10.4. The number of morpholine rings is 1. The maximum Gasteiger partial charge on any atom is 0.234 e. The van der Waals surface area contributed by atoms with Crippen molar-refractivity contribution < 1.29 is 4.74 Å². The van der Waals surface area contributed by atoms with Crippen LogP contribution in [-0.4, -0.2) is 46.2 Å². The highest BCUT2D eigenvalue weighted by molar-refractivity contribution is 6.30. The second-order valence-corrected chi connectivity index (χ2v) is 5.09. The van der Waals surface area contributed by atoms with E-state index in [4.69, 9.17) is 27.9 Å². The summed E-state index contributed by atoms with van der Waals surface area (Å²) in [6.07, 6.45) is 1.54. The minimum Gasteiger partial charge on any atom is -0.378 e. The van der Waals surface area contributed by atoms with Crippen molar-refractivity contribution >= 4 is 40.9 Å². The molecule has 21 heavy (non-hydrogen) atoms. The summed E-state index contributed by atoms with van der Waals surface area (Å²) < 4.78 is 5.30. The Morgan fingerprint density at radius 1 is 1.10 bits per heavy atom. The molecule has 3 rings (SSSR count). The summed E-state index contributed by atoms with van der Waals surface area (Å²) in [6.45, 7) is 2.73. The van der Waals surface area contributed by atoms with E-state index in [-0.39, 0.29) is 5.28 Å². The third-order valence-corrected chi connectivity index (χ3v) is 3.25. The monoisotopic (exact) mass is 326 g/mol. The van der Waals surface area contributed by atoms with Crippen LogP contribution in [-0.2, 0) is 4.74 Å². The van der Waals surface area contributed by atoms with E-state index in [2.05, 4.69) is 25.3 Å². The predicted molar refractivity (Wildman–Crippen MR) is 80.4 cm³/mol. The molecule has 110 valence electrons. The number of hydrogen-bond donors (Lipinski definition) is 1. The molecule has 9 heteroatoms. The van der Waals surface area contributed by atoms with Gasteiger partial charge in [-0.25, -0.2) is 4.98 Å². The zero-order chi connectivity index (χ0) is 14.7. The summed E-state index contributed by atoms with van der Waals surface area (Å²) in [6, 6.07) is 3.46. The molecule has 0 aromatic carbocycles. The SMILES string of the molecule is Clc1ccc(Nc2nc(Cl)nc(N3CCOCC3)n2)nc1. The van der Waals surface area contributed by atoms with Gasteiger partial charge in [-0.3, -0.25) is 0 Å². The average molecular weight is 327 g/mol. The summed E-state index contributed by atoms with van der Waals surface area (Å²) >= 11 is 11.8. The van der Waals surface area contributed by atoms with Crippen LogP contribution in [0.3, 0.4) is 0 Å². The Morgan fingerprint density at radius 2 is 1.90 bits per heavy atom. The van der Waals surface area contributed by atoms with Crippen LogP contribution >= 0.6 is 23.2 Å². The topological polar surface area (TPSA) is 76.1 Å². The Balaban J connectivity index is 1.81. The standard InChI is InChI=1S/C12H12Cl2N6O/c13-8-1-2-9(15-7-8)16-11-17-10(14)18-12(19-11)20-3-5-21-6-4-20/h1-2,7H,3-6H2,(H,15,16,17,18,19). The lowest BCUT2D eigenvalue weighted by Crippen LogP contribution is -2.37. The van der Waals surface area contributed by atoms with E-state index in [0.29, 0.717) is 36.0 Å². The first-order valence-electron chi connectivity index (χ1n) is 6.33. The largest absolute Gasteiger partial charge is 0.378 e. The van der Waals surface area contributed by atoms with Crippen LogP contribution in [0.25, 0.3) is 0 Å². The molecule has 1 N–H and O–H groups in total. The lowest BCUT2D eigenvalue weighted by molar-refractivity contribution is 0.122. The molecular formula is C12H12Cl2N6O. The van der Waals surface area contributed by atoms with E-state index in [1.54, 1.807) is 12.1 Å². The Kier molecular flexibility index (Phi) is 4.33. The van der Waals surface area contributed by atoms with Crippen LogP contribution in [0.15, 0.2) is 18.3 Å². The van der Waals surface area contributed by atoms with E-state index >= 15 is 0 Å². The number of nitrogens with one attached hydrogen (secondary N) is 1.